The van der Waals surface area contributed by atoms with E-state index in [0.717, 1.165) is 27.7 Å². The van der Waals surface area contributed by atoms with Crippen molar-refractivity contribution in [2.75, 3.05) is 5.32 Å². The van der Waals surface area contributed by atoms with Crippen LogP contribution in [0.5, 0.6) is 5.75 Å². The van der Waals surface area contributed by atoms with Crippen molar-refractivity contribution in [3.63, 3.8) is 0 Å². The highest BCUT2D eigenvalue weighted by molar-refractivity contribution is 7.12. The molecule has 0 saturated heterocycles. The minimum absolute atomic E-state index is 0.0321. The van der Waals surface area contributed by atoms with Crippen LogP contribution in [0.4, 0.5) is 5.69 Å². The van der Waals surface area contributed by atoms with Gasteiger partial charge in [-0.25, -0.2) is 4.79 Å². The topological polar surface area (TPSA) is 86.6 Å². The Labute approximate surface area is 158 Å². The third-order valence-corrected chi connectivity index (χ3v) is 5.40. The summed E-state index contributed by atoms with van der Waals surface area (Å²) < 4.78 is 0. The summed E-state index contributed by atoms with van der Waals surface area (Å²) in [5.41, 5.74) is 1.27. The predicted molar refractivity (Wildman–Crippen MR) is 103 cm³/mol. The fourth-order valence-corrected chi connectivity index (χ4v) is 3.65. The second-order valence-corrected chi connectivity index (χ2v) is 7.31. The molecular weight excluding hydrogens is 374 g/mol. The summed E-state index contributed by atoms with van der Waals surface area (Å²) >= 11 is 7.17. The number of benzene rings is 2. The van der Waals surface area contributed by atoms with Crippen LogP contribution in [-0.4, -0.2) is 22.1 Å². The third-order valence-electron chi connectivity index (χ3n) is 4.10. The van der Waals surface area contributed by atoms with Crippen molar-refractivity contribution < 1.29 is 19.8 Å². The summed E-state index contributed by atoms with van der Waals surface area (Å²) in [5.74, 6) is -1.61. The molecule has 7 heteroatoms. The summed E-state index contributed by atoms with van der Waals surface area (Å²) in [6, 6.07) is 10.5. The Morgan fingerprint density at radius 1 is 1.23 bits per heavy atom. The van der Waals surface area contributed by atoms with Gasteiger partial charge in [0, 0.05) is 11.3 Å². The first-order valence-corrected chi connectivity index (χ1v) is 9.14. The molecule has 0 bridgehead atoms. The van der Waals surface area contributed by atoms with Gasteiger partial charge in [0.2, 0.25) is 5.91 Å². The molecule has 0 aliphatic carbocycles. The Balaban J connectivity index is 1.74. The van der Waals surface area contributed by atoms with E-state index in [-0.39, 0.29) is 22.5 Å². The Hall–Kier alpha value is -2.57. The first-order valence-electron chi connectivity index (χ1n) is 7.88. The van der Waals surface area contributed by atoms with Gasteiger partial charge in [-0.15, -0.1) is 11.3 Å². The Kier molecular flexibility index (Phi) is 5.15. The van der Waals surface area contributed by atoms with E-state index in [4.69, 9.17) is 16.7 Å². The zero-order chi connectivity index (χ0) is 18.8. The van der Waals surface area contributed by atoms with Gasteiger partial charge in [0.05, 0.1) is 10.7 Å². The van der Waals surface area contributed by atoms with E-state index in [2.05, 4.69) is 5.32 Å². The fourth-order valence-electron chi connectivity index (χ4n) is 2.73. The maximum atomic E-state index is 12.4. The van der Waals surface area contributed by atoms with Crippen molar-refractivity contribution in [3.05, 3.63) is 57.2 Å². The van der Waals surface area contributed by atoms with E-state index in [1.165, 1.54) is 6.07 Å². The molecule has 1 unspecified atom stereocenters. The SMILES string of the molecule is CC(Cc1ccc2c(Cl)c(O)ccc2c1)C(=O)Nc1ccsc1C(=O)O. The molecular formula is C19H16ClNO4S. The number of hydrogen-bond donors (Lipinski definition) is 3. The van der Waals surface area contributed by atoms with Gasteiger partial charge in [-0.2, -0.15) is 0 Å². The summed E-state index contributed by atoms with van der Waals surface area (Å²) in [6.45, 7) is 1.79. The quantitative estimate of drug-likeness (QED) is 0.586. The maximum absolute atomic E-state index is 12.4. The Morgan fingerprint density at radius 3 is 2.73 bits per heavy atom. The number of carbonyl (C=O) groups excluding carboxylic acids is 1. The molecule has 0 saturated carbocycles. The molecule has 0 spiro atoms. The molecule has 1 atom stereocenters. The summed E-state index contributed by atoms with van der Waals surface area (Å²) in [5, 5.41) is 25.0. The lowest BCUT2D eigenvalue weighted by Crippen LogP contribution is -2.22. The summed E-state index contributed by atoms with van der Waals surface area (Å²) in [4.78, 5) is 23.6. The second kappa shape index (κ2) is 7.35. The molecule has 1 heterocycles. The zero-order valence-electron chi connectivity index (χ0n) is 13.8. The average Bonchev–Trinajstić information content (AvgIpc) is 3.06. The van der Waals surface area contributed by atoms with Crippen LogP contribution in [0.25, 0.3) is 10.8 Å². The standard InChI is InChI=1S/C19H16ClNO4S/c1-10(18(23)21-14-6-7-26-17(14)19(24)25)8-11-2-4-13-12(9-11)3-5-15(22)16(13)20/h2-7,9-10,22H,8H2,1H3,(H,21,23)(H,24,25). The largest absolute Gasteiger partial charge is 0.506 e. The Bertz CT molecular complexity index is 998. The van der Waals surface area contributed by atoms with Crippen LogP contribution in [-0.2, 0) is 11.2 Å². The van der Waals surface area contributed by atoms with Gasteiger partial charge in [-0.3, -0.25) is 4.79 Å². The zero-order valence-corrected chi connectivity index (χ0v) is 15.4. The van der Waals surface area contributed by atoms with E-state index >= 15 is 0 Å². The minimum Gasteiger partial charge on any atom is -0.506 e. The number of hydrogen-bond acceptors (Lipinski definition) is 4. The highest BCUT2D eigenvalue weighted by Crippen LogP contribution is 2.32. The van der Waals surface area contributed by atoms with Gasteiger partial charge >= 0.3 is 5.97 Å². The van der Waals surface area contributed by atoms with E-state index in [1.54, 1.807) is 24.4 Å². The molecule has 134 valence electrons. The van der Waals surface area contributed by atoms with Crippen molar-refractivity contribution in [3.8, 4) is 5.75 Å². The number of carboxylic acid groups (broad SMARTS) is 1. The molecule has 0 fully saturated rings. The minimum atomic E-state index is -1.06. The maximum Gasteiger partial charge on any atom is 0.348 e. The normalized spacial score (nSPS) is 12.1. The first kappa shape index (κ1) is 18.2. The number of thiophene rings is 1. The van der Waals surface area contributed by atoms with Gasteiger partial charge in [0.15, 0.2) is 0 Å². The molecule has 5 nitrogen and oxygen atoms in total. The smallest absolute Gasteiger partial charge is 0.348 e. The van der Waals surface area contributed by atoms with Crippen LogP contribution in [0.3, 0.4) is 0 Å². The van der Waals surface area contributed by atoms with Gasteiger partial charge in [0.1, 0.15) is 10.6 Å². The highest BCUT2D eigenvalue weighted by atomic mass is 35.5. The molecule has 0 radical (unpaired) electrons. The lowest BCUT2D eigenvalue weighted by molar-refractivity contribution is -0.119. The number of aromatic carboxylic acids is 1. The monoisotopic (exact) mass is 389 g/mol. The van der Waals surface area contributed by atoms with E-state index in [9.17, 15) is 14.7 Å². The number of anilines is 1. The van der Waals surface area contributed by atoms with Crippen molar-refractivity contribution >= 4 is 51.3 Å². The summed E-state index contributed by atoms with van der Waals surface area (Å²) in [6.07, 6.45) is 0.493. The van der Waals surface area contributed by atoms with Gasteiger partial charge < -0.3 is 15.5 Å². The van der Waals surface area contributed by atoms with Crippen LogP contribution in [0.15, 0.2) is 41.8 Å². The lowest BCUT2D eigenvalue weighted by atomic mass is 9.97. The third kappa shape index (κ3) is 3.66. The molecule has 3 N–H and O–H groups in total. The number of nitrogens with one attached hydrogen (secondary N) is 1. The molecule has 0 aliphatic rings. The van der Waals surface area contributed by atoms with Crippen molar-refractivity contribution in [2.45, 2.75) is 13.3 Å². The molecule has 1 aromatic heterocycles. The average molecular weight is 390 g/mol. The number of halogens is 1. The van der Waals surface area contributed by atoms with Crippen molar-refractivity contribution in [1.29, 1.82) is 0 Å². The van der Waals surface area contributed by atoms with E-state index < -0.39 is 5.97 Å². The van der Waals surface area contributed by atoms with Crippen LogP contribution < -0.4 is 5.32 Å². The molecule has 1 amide bonds. The summed E-state index contributed by atoms with van der Waals surface area (Å²) in [7, 11) is 0. The predicted octanol–water partition coefficient (Wildman–Crippen LogP) is 4.78. The molecule has 26 heavy (non-hydrogen) atoms. The number of aromatic hydroxyl groups is 1. The van der Waals surface area contributed by atoms with E-state index in [1.807, 2.05) is 18.2 Å². The van der Waals surface area contributed by atoms with Gasteiger partial charge in [-0.05, 0) is 34.9 Å². The molecule has 3 aromatic rings. The number of carboxylic acids is 1. The van der Waals surface area contributed by atoms with Crippen LogP contribution in [0.1, 0.15) is 22.2 Å². The first-order chi connectivity index (χ1) is 12.4. The van der Waals surface area contributed by atoms with E-state index in [0.29, 0.717) is 17.1 Å². The highest BCUT2D eigenvalue weighted by Gasteiger charge is 2.18. The van der Waals surface area contributed by atoms with Gasteiger partial charge in [-0.1, -0.05) is 42.8 Å². The number of fused-ring (bicyclic) bond motifs is 1. The van der Waals surface area contributed by atoms with Crippen LogP contribution in [0.2, 0.25) is 5.02 Å². The lowest BCUT2D eigenvalue weighted by Gasteiger charge is -2.13. The molecule has 3 rings (SSSR count). The number of carbonyl (C=O) groups is 2. The number of phenols is 1. The Morgan fingerprint density at radius 2 is 2.00 bits per heavy atom. The number of amides is 1. The molecule has 0 aliphatic heterocycles. The van der Waals surface area contributed by atoms with Crippen LogP contribution >= 0.6 is 22.9 Å². The van der Waals surface area contributed by atoms with Crippen molar-refractivity contribution in [1.82, 2.24) is 0 Å². The van der Waals surface area contributed by atoms with Crippen LogP contribution in [0, 0.1) is 5.92 Å². The fraction of sp³-hybridized carbons (Fsp3) is 0.158. The van der Waals surface area contributed by atoms with Gasteiger partial charge in [0.25, 0.3) is 0 Å². The number of rotatable bonds is 5. The second-order valence-electron chi connectivity index (χ2n) is 6.02. The number of phenolic OH excluding ortho intramolecular Hbond substituents is 1. The van der Waals surface area contributed by atoms with Crippen molar-refractivity contribution in [2.24, 2.45) is 5.92 Å². The molecule has 2 aromatic carbocycles.